The predicted molar refractivity (Wildman–Crippen MR) is 87.6 cm³/mol. The van der Waals surface area contributed by atoms with E-state index in [2.05, 4.69) is 25.7 Å². The number of para-hydroxylation sites is 1. The lowest BCUT2D eigenvalue weighted by atomic mass is 10.2. The van der Waals surface area contributed by atoms with Gasteiger partial charge in [-0.1, -0.05) is 23.7 Å². The van der Waals surface area contributed by atoms with E-state index in [4.69, 9.17) is 11.6 Å². The molecule has 2 aromatic heterocycles. The molecule has 0 saturated heterocycles. The summed E-state index contributed by atoms with van der Waals surface area (Å²) < 4.78 is 1.63. The number of hydrogen-bond donors (Lipinski definition) is 2. The van der Waals surface area contributed by atoms with Crippen LogP contribution < -0.4 is 10.6 Å². The Morgan fingerprint density at radius 3 is 3.00 bits per heavy atom. The molecule has 2 N–H and O–H groups in total. The predicted octanol–water partition coefficient (Wildman–Crippen LogP) is 2.53. The van der Waals surface area contributed by atoms with Crippen molar-refractivity contribution in [3.05, 3.63) is 53.6 Å². The number of halogens is 1. The molecule has 7 nitrogen and oxygen atoms in total. The van der Waals surface area contributed by atoms with E-state index in [0.717, 1.165) is 18.4 Å². The number of nitrogens with one attached hydrogen (secondary N) is 2. The van der Waals surface area contributed by atoms with Gasteiger partial charge in [-0.05, 0) is 30.5 Å². The second-order valence-electron chi connectivity index (χ2n) is 4.93. The summed E-state index contributed by atoms with van der Waals surface area (Å²) in [6.07, 6.45) is 6.70. The normalized spacial score (nSPS) is 10.7. The van der Waals surface area contributed by atoms with E-state index in [-0.39, 0.29) is 6.03 Å². The van der Waals surface area contributed by atoms with Crippen molar-refractivity contribution in [2.75, 3.05) is 11.9 Å². The SMILES string of the molecule is O=C(NCCCc1cnc2ncnn2c1)Nc1ccccc1Cl. The molecule has 0 saturated carbocycles. The second-order valence-corrected chi connectivity index (χ2v) is 5.34. The van der Waals surface area contributed by atoms with Gasteiger partial charge in [0.25, 0.3) is 5.78 Å². The summed E-state index contributed by atoms with van der Waals surface area (Å²) in [6.45, 7) is 0.547. The van der Waals surface area contributed by atoms with E-state index in [1.807, 2.05) is 18.3 Å². The van der Waals surface area contributed by atoms with Crippen molar-refractivity contribution in [1.82, 2.24) is 24.9 Å². The third-order valence-electron chi connectivity index (χ3n) is 3.24. The maximum absolute atomic E-state index is 11.8. The molecule has 1 aromatic carbocycles. The molecule has 8 heteroatoms. The number of anilines is 1. The van der Waals surface area contributed by atoms with Gasteiger partial charge in [-0.3, -0.25) is 0 Å². The lowest BCUT2D eigenvalue weighted by Crippen LogP contribution is -2.29. The fourth-order valence-corrected chi connectivity index (χ4v) is 2.29. The Hall–Kier alpha value is -2.67. The van der Waals surface area contributed by atoms with Crippen molar-refractivity contribution in [2.24, 2.45) is 0 Å². The molecule has 0 spiro atoms. The van der Waals surface area contributed by atoms with E-state index < -0.39 is 0 Å². The smallest absolute Gasteiger partial charge is 0.319 e. The highest BCUT2D eigenvalue weighted by atomic mass is 35.5. The molecule has 2 amide bonds. The topological polar surface area (TPSA) is 84.2 Å². The van der Waals surface area contributed by atoms with Gasteiger partial charge < -0.3 is 10.6 Å². The van der Waals surface area contributed by atoms with Crippen LogP contribution in [0.1, 0.15) is 12.0 Å². The summed E-state index contributed by atoms with van der Waals surface area (Å²) in [5.41, 5.74) is 1.63. The third kappa shape index (κ3) is 3.95. The quantitative estimate of drug-likeness (QED) is 0.704. The zero-order chi connectivity index (χ0) is 16.1. The van der Waals surface area contributed by atoms with Crippen LogP contribution in [0.2, 0.25) is 5.02 Å². The Morgan fingerprint density at radius 1 is 1.26 bits per heavy atom. The number of hydrogen-bond acceptors (Lipinski definition) is 4. The van der Waals surface area contributed by atoms with Gasteiger partial charge in [-0.25, -0.2) is 14.3 Å². The summed E-state index contributed by atoms with van der Waals surface area (Å²) in [7, 11) is 0. The number of benzene rings is 1. The number of urea groups is 1. The van der Waals surface area contributed by atoms with E-state index in [1.165, 1.54) is 6.33 Å². The van der Waals surface area contributed by atoms with Crippen LogP contribution in [-0.4, -0.2) is 32.2 Å². The first kappa shape index (κ1) is 15.2. The Morgan fingerprint density at radius 2 is 2.13 bits per heavy atom. The Labute approximate surface area is 137 Å². The minimum Gasteiger partial charge on any atom is -0.338 e. The molecule has 3 aromatic rings. The number of carbonyl (C=O) groups is 1. The summed E-state index contributed by atoms with van der Waals surface area (Å²) in [5, 5.41) is 10.1. The van der Waals surface area contributed by atoms with Gasteiger partial charge in [0.15, 0.2) is 0 Å². The van der Waals surface area contributed by atoms with E-state index >= 15 is 0 Å². The van der Waals surface area contributed by atoms with Gasteiger partial charge in [0, 0.05) is 18.9 Å². The van der Waals surface area contributed by atoms with Crippen LogP contribution in [0.15, 0.2) is 43.0 Å². The molecule has 0 atom stereocenters. The minimum atomic E-state index is -0.275. The summed E-state index contributed by atoms with van der Waals surface area (Å²) in [5.74, 6) is 0.575. The van der Waals surface area contributed by atoms with Gasteiger partial charge in [0.1, 0.15) is 6.33 Å². The molecule has 0 aliphatic carbocycles. The number of aryl methyl sites for hydroxylation is 1. The van der Waals surface area contributed by atoms with E-state index in [0.29, 0.717) is 23.0 Å². The van der Waals surface area contributed by atoms with Crippen LogP contribution in [0.25, 0.3) is 5.78 Å². The van der Waals surface area contributed by atoms with Gasteiger partial charge in [-0.2, -0.15) is 10.1 Å². The average molecular weight is 331 g/mol. The second kappa shape index (κ2) is 7.06. The first-order valence-corrected chi connectivity index (χ1v) is 7.54. The lowest BCUT2D eigenvalue weighted by molar-refractivity contribution is 0.252. The minimum absolute atomic E-state index is 0.275. The number of nitrogens with zero attached hydrogens (tertiary/aromatic N) is 4. The summed E-state index contributed by atoms with van der Waals surface area (Å²) in [6, 6.07) is 6.83. The van der Waals surface area contributed by atoms with Crippen molar-refractivity contribution < 1.29 is 4.79 Å². The average Bonchev–Trinajstić information content (AvgIpc) is 3.01. The molecule has 0 aliphatic heterocycles. The molecular weight excluding hydrogens is 316 g/mol. The van der Waals surface area contributed by atoms with Crippen LogP contribution in [0.4, 0.5) is 10.5 Å². The summed E-state index contributed by atoms with van der Waals surface area (Å²) in [4.78, 5) is 20.0. The third-order valence-corrected chi connectivity index (χ3v) is 3.57. The molecule has 0 fully saturated rings. The molecule has 3 rings (SSSR count). The van der Waals surface area contributed by atoms with Crippen molar-refractivity contribution in [3.63, 3.8) is 0 Å². The number of fused-ring (bicyclic) bond motifs is 1. The summed E-state index contributed by atoms with van der Waals surface area (Å²) >= 11 is 5.99. The Kier molecular flexibility index (Phi) is 4.68. The highest BCUT2D eigenvalue weighted by Crippen LogP contribution is 2.19. The molecule has 118 valence electrons. The van der Waals surface area contributed by atoms with E-state index in [1.54, 1.807) is 22.8 Å². The molecule has 2 heterocycles. The fraction of sp³-hybridized carbons (Fsp3) is 0.200. The maximum atomic E-state index is 11.8. The molecule has 23 heavy (non-hydrogen) atoms. The van der Waals surface area contributed by atoms with Crippen molar-refractivity contribution in [3.8, 4) is 0 Å². The largest absolute Gasteiger partial charge is 0.338 e. The first-order chi connectivity index (χ1) is 11.2. The first-order valence-electron chi connectivity index (χ1n) is 7.16. The van der Waals surface area contributed by atoms with Crippen molar-refractivity contribution >= 4 is 29.1 Å². The number of rotatable bonds is 5. The fourth-order valence-electron chi connectivity index (χ4n) is 2.11. The van der Waals surface area contributed by atoms with Gasteiger partial charge in [-0.15, -0.1) is 0 Å². The molecular formula is C15H15ClN6O. The van der Waals surface area contributed by atoms with Crippen molar-refractivity contribution in [2.45, 2.75) is 12.8 Å². The number of aromatic nitrogens is 4. The van der Waals surface area contributed by atoms with Crippen LogP contribution in [-0.2, 0) is 6.42 Å². The monoisotopic (exact) mass is 330 g/mol. The van der Waals surface area contributed by atoms with Crippen LogP contribution in [0, 0.1) is 0 Å². The zero-order valence-electron chi connectivity index (χ0n) is 12.2. The number of carbonyl (C=O) groups excluding carboxylic acids is 1. The van der Waals surface area contributed by atoms with Crippen LogP contribution >= 0.6 is 11.6 Å². The maximum Gasteiger partial charge on any atom is 0.319 e. The highest BCUT2D eigenvalue weighted by Gasteiger charge is 2.04. The molecule has 0 unspecified atom stereocenters. The standard InChI is InChI=1S/C15H15ClN6O/c16-12-5-1-2-6-13(12)21-15(23)17-7-3-4-11-8-18-14-19-10-20-22(14)9-11/h1-2,5-6,8-10H,3-4,7H2,(H2,17,21,23). The molecule has 0 bridgehead atoms. The highest BCUT2D eigenvalue weighted by molar-refractivity contribution is 6.33. The van der Waals surface area contributed by atoms with Crippen molar-refractivity contribution in [1.29, 1.82) is 0 Å². The molecule has 0 aliphatic rings. The molecule has 0 radical (unpaired) electrons. The van der Waals surface area contributed by atoms with Crippen LogP contribution in [0.3, 0.4) is 0 Å². The van der Waals surface area contributed by atoms with Gasteiger partial charge >= 0.3 is 6.03 Å². The zero-order valence-corrected chi connectivity index (χ0v) is 13.0. The Balaban J connectivity index is 1.44. The van der Waals surface area contributed by atoms with Gasteiger partial charge in [0.05, 0.1) is 10.7 Å². The lowest BCUT2D eigenvalue weighted by Gasteiger charge is -2.08. The number of amides is 2. The van der Waals surface area contributed by atoms with Crippen LogP contribution in [0.5, 0.6) is 0 Å². The Bertz CT molecular complexity index is 818. The van der Waals surface area contributed by atoms with Gasteiger partial charge in [0.2, 0.25) is 0 Å². The van der Waals surface area contributed by atoms with E-state index in [9.17, 15) is 4.79 Å².